The number of aliphatic hydroxyl groups is 2. The molecule has 0 amide bonds. The first-order valence-electron chi connectivity index (χ1n) is 11.4. The molecule has 0 spiro atoms. The summed E-state index contributed by atoms with van der Waals surface area (Å²) in [6.07, 6.45) is 3.18. The zero-order chi connectivity index (χ0) is 23.5. The first-order valence-corrected chi connectivity index (χ1v) is 11.4. The average Bonchev–Trinajstić information content (AvgIpc) is 2.90. The molecule has 0 aliphatic rings. The van der Waals surface area contributed by atoms with Crippen molar-refractivity contribution < 1.29 is 30.3 Å². The Balaban J connectivity index is 0.000000352. The topological polar surface area (TPSA) is 66.2 Å². The molecule has 1 radical (unpaired) electrons. The number of hydrogen-bond donors (Lipinski definition) is 2. The zero-order valence-corrected chi connectivity index (χ0v) is 22.0. The maximum Gasteiger partial charge on any atom is 0.0873 e. The third kappa shape index (κ3) is 7.96. The van der Waals surface area contributed by atoms with E-state index >= 15 is 0 Å². The Hall–Kier alpha value is -2.69. The minimum Gasteiger partial charge on any atom is -0.393 e. The van der Waals surface area contributed by atoms with Crippen LogP contribution in [0.2, 0.25) is 0 Å². The van der Waals surface area contributed by atoms with E-state index < -0.39 is 0 Å². The second-order valence-electron chi connectivity index (χ2n) is 7.82. The van der Waals surface area contributed by atoms with Crippen LogP contribution in [0.25, 0.3) is 33.8 Å². The molecule has 4 nitrogen and oxygen atoms in total. The minimum absolute atomic E-state index is 0. The van der Waals surface area contributed by atoms with Gasteiger partial charge in [0.05, 0.1) is 23.6 Å². The van der Waals surface area contributed by atoms with Gasteiger partial charge in [0.25, 0.3) is 0 Å². The molecule has 3 aromatic carbocycles. The molecule has 0 aliphatic carbocycles. The molecule has 0 fully saturated rings. The van der Waals surface area contributed by atoms with Crippen molar-refractivity contribution >= 4 is 0 Å². The van der Waals surface area contributed by atoms with Gasteiger partial charge in [-0.15, -0.1) is 35.9 Å². The Morgan fingerprint density at radius 3 is 1.82 bits per heavy atom. The fourth-order valence-corrected chi connectivity index (χ4v) is 3.32. The van der Waals surface area contributed by atoms with Gasteiger partial charge in [-0.25, -0.2) is 0 Å². The molecule has 0 bridgehead atoms. The molecule has 0 aliphatic heterocycles. The van der Waals surface area contributed by atoms with E-state index in [1.807, 2.05) is 92.8 Å². The Labute approximate surface area is 216 Å². The molecule has 179 valence electrons. The molecule has 0 saturated carbocycles. The Morgan fingerprint density at radius 1 is 0.735 bits per heavy atom. The SMILES string of the molecule is CCC(O)CC(O)CC.[Ir].[c-]1ccccc1-c1ncc(-c2ccccc2)nc1-c1ccccc1. The van der Waals surface area contributed by atoms with Gasteiger partial charge in [-0.1, -0.05) is 74.5 Å². The van der Waals surface area contributed by atoms with Gasteiger partial charge in [0, 0.05) is 37.6 Å². The van der Waals surface area contributed by atoms with Gasteiger partial charge >= 0.3 is 0 Å². The minimum atomic E-state index is -0.319. The van der Waals surface area contributed by atoms with Gasteiger partial charge < -0.3 is 15.2 Å². The van der Waals surface area contributed by atoms with E-state index in [-0.39, 0.29) is 32.3 Å². The molecule has 34 heavy (non-hydrogen) atoms. The van der Waals surface area contributed by atoms with Crippen molar-refractivity contribution in [2.24, 2.45) is 0 Å². The van der Waals surface area contributed by atoms with Crippen LogP contribution in [0, 0.1) is 6.07 Å². The number of rotatable bonds is 7. The van der Waals surface area contributed by atoms with Crippen molar-refractivity contribution in [1.29, 1.82) is 0 Å². The van der Waals surface area contributed by atoms with Gasteiger partial charge in [-0.2, -0.15) is 0 Å². The van der Waals surface area contributed by atoms with Crippen LogP contribution in [0.1, 0.15) is 33.1 Å². The predicted molar refractivity (Wildman–Crippen MR) is 134 cm³/mol. The van der Waals surface area contributed by atoms with E-state index in [1.165, 1.54) is 0 Å². The maximum atomic E-state index is 9.00. The van der Waals surface area contributed by atoms with Crippen LogP contribution in [-0.4, -0.2) is 32.4 Å². The van der Waals surface area contributed by atoms with Gasteiger partial charge in [0.15, 0.2) is 0 Å². The summed E-state index contributed by atoms with van der Waals surface area (Å²) in [5, 5.41) is 18.0. The molecular weight excluding hydrogens is 601 g/mol. The normalized spacial score (nSPS) is 12.0. The van der Waals surface area contributed by atoms with Crippen LogP contribution in [0.15, 0.2) is 91.1 Å². The van der Waals surface area contributed by atoms with Crippen molar-refractivity contribution in [3.8, 4) is 33.8 Å². The van der Waals surface area contributed by atoms with Crippen LogP contribution in [0.3, 0.4) is 0 Å². The fourth-order valence-electron chi connectivity index (χ4n) is 3.32. The molecule has 2 N–H and O–H groups in total. The number of benzene rings is 3. The summed E-state index contributed by atoms with van der Waals surface area (Å²) >= 11 is 0. The summed E-state index contributed by atoms with van der Waals surface area (Å²) in [6, 6.07) is 31.4. The Kier molecular flexibility index (Phi) is 11.8. The molecule has 4 aromatic rings. The second-order valence-corrected chi connectivity index (χ2v) is 7.82. The van der Waals surface area contributed by atoms with Crippen LogP contribution >= 0.6 is 0 Å². The van der Waals surface area contributed by atoms with Crippen molar-refractivity contribution in [2.75, 3.05) is 0 Å². The monoisotopic (exact) mass is 632 g/mol. The van der Waals surface area contributed by atoms with Crippen molar-refractivity contribution in [2.45, 2.75) is 45.3 Å². The number of aliphatic hydroxyl groups excluding tert-OH is 2. The third-order valence-electron chi connectivity index (χ3n) is 5.34. The summed E-state index contributed by atoms with van der Waals surface area (Å²) in [4.78, 5) is 9.61. The molecule has 4 rings (SSSR count). The number of nitrogens with zero attached hydrogens (tertiary/aromatic N) is 2. The molecule has 1 aromatic heterocycles. The Morgan fingerprint density at radius 2 is 1.29 bits per heavy atom. The zero-order valence-electron chi connectivity index (χ0n) is 19.6. The van der Waals surface area contributed by atoms with Gasteiger partial charge in [0.1, 0.15) is 0 Å². The fraction of sp³-hybridized carbons (Fsp3) is 0.241. The van der Waals surface area contributed by atoms with Crippen LogP contribution < -0.4 is 0 Å². The van der Waals surface area contributed by atoms with Crippen molar-refractivity contribution in [1.82, 2.24) is 9.97 Å². The van der Waals surface area contributed by atoms with Gasteiger partial charge in [0.2, 0.25) is 0 Å². The largest absolute Gasteiger partial charge is 0.393 e. The quantitative estimate of drug-likeness (QED) is 0.239. The first kappa shape index (κ1) is 27.6. The average molecular weight is 632 g/mol. The molecule has 2 unspecified atom stereocenters. The van der Waals surface area contributed by atoms with Crippen LogP contribution in [0.4, 0.5) is 0 Å². The smallest absolute Gasteiger partial charge is 0.0873 e. The molecule has 0 saturated heterocycles. The van der Waals surface area contributed by atoms with Crippen molar-refractivity contribution in [3.63, 3.8) is 0 Å². The van der Waals surface area contributed by atoms with E-state index in [0.29, 0.717) is 6.42 Å². The van der Waals surface area contributed by atoms with E-state index in [9.17, 15) is 0 Å². The first-order chi connectivity index (χ1) is 16.1. The maximum absolute atomic E-state index is 9.00. The standard InChI is InChI=1S/C22H15N2.C7H16O2.Ir/c1-4-10-17(11-5-1)20-16-23-21(18-12-6-2-7-13-18)22(24-20)19-14-8-3-9-15-19;1-3-6(8)5-7(9)4-2;/h1-12,14-16H;6-9H,3-5H2,1-2H3;/q-1;;. The van der Waals surface area contributed by atoms with E-state index in [1.54, 1.807) is 0 Å². The van der Waals surface area contributed by atoms with Crippen molar-refractivity contribution in [3.05, 3.63) is 97.2 Å². The molecule has 5 heteroatoms. The van der Waals surface area contributed by atoms with E-state index in [4.69, 9.17) is 20.2 Å². The summed E-state index contributed by atoms with van der Waals surface area (Å²) in [7, 11) is 0. The third-order valence-corrected chi connectivity index (χ3v) is 5.34. The second kappa shape index (κ2) is 14.5. The van der Waals surface area contributed by atoms with Gasteiger partial charge in [-0.05, 0) is 24.8 Å². The van der Waals surface area contributed by atoms with Crippen LogP contribution in [0.5, 0.6) is 0 Å². The van der Waals surface area contributed by atoms with E-state index in [2.05, 4.69) is 18.2 Å². The van der Waals surface area contributed by atoms with Gasteiger partial charge in [-0.3, -0.25) is 4.98 Å². The molecular formula is C29H31IrN2O2-. The van der Waals surface area contributed by atoms with E-state index in [0.717, 1.165) is 46.6 Å². The molecule has 2 atom stereocenters. The summed E-state index contributed by atoms with van der Waals surface area (Å²) in [6.45, 7) is 3.82. The summed E-state index contributed by atoms with van der Waals surface area (Å²) in [5.41, 5.74) is 5.65. The Bertz CT molecular complexity index is 1080. The number of hydrogen-bond acceptors (Lipinski definition) is 4. The summed E-state index contributed by atoms with van der Waals surface area (Å²) < 4.78 is 0. The van der Waals surface area contributed by atoms with Crippen LogP contribution in [-0.2, 0) is 20.1 Å². The predicted octanol–water partition coefficient (Wildman–Crippen LogP) is 6.19. The molecule has 1 heterocycles. The summed E-state index contributed by atoms with van der Waals surface area (Å²) in [5.74, 6) is 0. The number of aromatic nitrogens is 2.